The maximum atomic E-state index is 13.1. The van der Waals surface area contributed by atoms with E-state index in [4.69, 9.17) is 9.84 Å². The number of aliphatic hydroxyl groups is 2. The van der Waals surface area contributed by atoms with Crippen LogP contribution < -0.4 is 0 Å². The van der Waals surface area contributed by atoms with Gasteiger partial charge in [-0.2, -0.15) is 0 Å². The van der Waals surface area contributed by atoms with E-state index in [9.17, 15) is 9.90 Å². The lowest BCUT2D eigenvalue weighted by molar-refractivity contribution is -0.160. The van der Waals surface area contributed by atoms with Gasteiger partial charge in [-0.1, -0.05) is 80.6 Å². The summed E-state index contributed by atoms with van der Waals surface area (Å²) < 4.78 is 6.06. The molecule has 2 aromatic carbocycles. The molecule has 30 heavy (non-hydrogen) atoms. The molecule has 0 saturated heterocycles. The zero-order chi connectivity index (χ0) is 21.6. The zero-order valence-electron chi connectivity index (χ0n) is 17.6. The summed E-state index contributed by atoms with van der Waals surface area (Å²) in [7, 11) is 0. The molecule has 0 aliphatic carbocycles. The van der Waals surface area contributed by atoms with E-state index in [1.54, 1.807) is 0 Å². The number of hydrogen-bond donors (Lipinski definition) is 2. The summed E-state index contributed by atoms with van der Waals surface area (Å²) in [4.78, 5) is 14.3. The molecular formula is C25H30O4S. The summed E-state index contributed by atoms with van der Waals surface area (Å²) in [5, 5.41) is 20.0. The van der Waals surface area contributed by atoms with Gasteiger partial charge < -0.3 is 14.9 Å². The molecule has 160 valence electrons. The molecule has 0 amide bonds. The van der Waals surface area contributed by atoms with Gasteiger partial charge >= 0.3 is 5.97 Å². The molecule has 0 spiro atoms. The Morgan fingerprint density at radius 3 is 2.40 bits per heavy atom. The van der Waals surface area contributed by atoms with E-state index in [-0.39, 0.29) is 23.7 Å². The molecule has 1 aliphatic rings. The van der Waals surface area contributed by atoms with E-state index in [0.29, 0.717) is 18.8 Å². The number of aliphatic hydroxyl groups excluding tert-OH is 2. The molecule has 0 fully saturated rings. The fraction of sp³-hybridized carbons (Fsp3) is 0.400. The highest BCUT2D eigenvalue weighted by atomic mass is 32.2. The van der Waals surface area contributed by atoms with Crippen LogP contribution in [0, 0.1) is 0 Å². The minimum Gasteiger partial charge on any atom is -0.511 e. The summed E-state index contributed by atoms with van der Waals surface area (Å²) >= 11 is 1.29. The molecular weight excluding hydrogens is 396 g/mol. The molecule has 4 nitrogen and oxygen atoms in total. The lowest BCUT2D eigenvalue weighted by Crippen LogP contribution is -2.37. The van der Waals surface area contributed by atoms with E-state index < -0.39 is 11.6 Å². The van der Waals surface area contributed by atoms with Crippen LogP contribution in [0.2, 0.25) is 0 Å². The Kier molecular flexibility index (Phi) is 7.62. The van der Waals surface area contributed by atoms with Gasteiger partial charge in [0.2, 0.25) is 0 Å². The molecule has 1 unspecified atom stereocenters. The number of esters is 1. The van der Waals surface area contributed by atoms with E-state index in [1.165, 1.54) is 11.8 Å². The fourth-order valence-electron chi connectivity index (χ4n) is 3.88. The van der Waals surface area contributed by atoms with Crippen molar-refractivity contribution in [3.8, 4) is 0 Å². The maximum absolute atomic E-state index is 13.1. The van der Waals surface area contributed by atoms with Crippen molar-refractivity contribution in [3.63, 3.8) is 0 Å². The molecule has 1 aliphatic heterocycles. The van der Waals surface area contributed by atoms with E-state index in [2.05, 4.69) is 13.8 Å². The standard InChI is InChI=1S/C25H30O4S/c1-18(2)20-13-7-8-14-22(20)30-23-21(27)17-25(29-24(23)28,15-9-4-10-16-26)19-11-5-3-6-12-19/h3,5-8,11-14,18,26-27H,4,9-10,15-17H2,1-2H3. The van der Waals surface area contributed by atoms with Gasteiger partial charge in [-0.25, -0.2) is 4.79 Å². The Labute approximate surface area is 183 Å². The van der Waals surface area contributed by atoms with Crippen LogP contribution in [0.5, 0.6) is 0 Å². The van der Waals surface area contributed by atoms with Crippen molar-refractivity contribution < 1.29 is 19.7 Å². The number of hydrogen-bond acceptors (Lipinski definition) is 5. The number of unbranched alkanes of at least 4 members (excludes halogenated alkanes) is 2. The van der Waals surface area contributed by atoms with Crippen molar-refractivity contribution in [3.05, 3.63) is 76.4 Å². The minimum atomic E-state index is -0.875. The van der Waals surface area contributed by atoms with Gasteiger partial charge in [-0.15, -0.1) is 0 Å². The maximum Gasteiger partial charge on any atom is 0.349 e. The second-order valence-corrected chi connectivity index (χ2v) is 9.08. The number of thioether (sulfide) groups is 1. The van der Waals surface area contributed by atoms with E-state index in [1.807, 2.05) is 54.6 Å². The highest BCUT2D eigenvalue weighted by Crippen LogP contribution is 2.46. The van der Waals surface area contributed by atoms with Crippen LogP contribution in [0.1, 0.15) is 63.0 Å². The smallest absolute Gasteiger partial charge is 0.349 e. The Bertz CT molecular complexity index is 891. The van der Waals surface area contributed by atoms with Crippen molar-refractivity contribution in [2.24, 2.45) is 0 Å². The van der Waals surface area contributed by atoms with Gasteiger partial charge in [-0.3, -0.25) is 0 Å². The summed E-state index contributed by atoms with van der Waals surface area (Å²) in [6, 6.07) is 17.6. The normalized spacial score (nSPS) is 19.3. The van der Waals surface area contributed by atoms with Crippen LogP contribution in [-0.4, -0.2) is 22.8 Å². The summed E-state index contributed by atoms with van der Waals surface area (Å²) in [6.45, 7) is 4.37. The molecule has 2 aromatic rings. The molecule has 0 saturated carbocycles. The molecule has 5 heteroatoms. The number of carbonyl (C=O) groups excluding carboxylic acids is 1. The Hall–Kier alpha value is -2.24. The second-order valence-electron chi connectivity index (χ2n) is 8.03. The summed E-state index contributed by atoms with van der Waals surface area (Å²) in [5.74, 6) is -0.0832. The van der Waals surface area contributed by atoms with Crippen molar-refractivity contribution in [2.45, 2.75) is 62.4 Å². The van der Waals surface area contributed by atoms with Crippen LogP contribution in [-0.2, 0) is 15.1 Å². The van der Waals surface area contributed by atoms with Gasteiger partial charge in [0, 0.05) is 11.5 Å². The average molecular weight is 427 g/mol. The zero-order valence-corrected chi connectivity index (χ0v) is 18.5. The fourth-order valence-corrected chi connectivity index (χ4v) is 4.98. The first-order valence-electron chi connectivity index (χ1n) is 10.6. The van der Waals surface area contributed by atoms with Gasteiger partial charge in [0.05, 0.1) is 6.42 Å². The summed E-state index contributed by atoms with van der Waals surface area (Å²) in [6.07, 6.45) is 3.22. The molecule has 0 aromatic heterocycles. The molecule has 1 heterocycles. The predicted octanol–water partition coefficient (Wildman–Crippen LogP) is 6.07. The average Bonchev–Trinajstić information content (AvgIpc) is 2.75. The minimum absolute atomic E-state index is 0.0841. The third-order valence-electron chi connectivity index (χ3n) is 5.48. The van der Waals surface area contributed by atoms with Crippen molar-refractivity contribution in [2.75, 3.05) is 6.61 Å². The third kappa shape index (κ3) is 5.08. The highest BCUT2D eigenvalue weighted by molar-refractivity contribution is 8.04. The quantitative estimate of drug-likeness (QED) is 0.376. The SMILES string of the molecule is CC(C)c1ccccc1SC1=C(O)CC(CCCCCO)(c2ccccc2)OC1=O. The van der Waals surface area contributed by atoms with Crippen LogP contribution in [0.4, 0.5) is 0 Å². The molecule has 0 radical (unpaired) electrons. The number of cyclic esters (lactones) is 1. The highest BCUT2D eigenvalue weighted by Gasteiger charge is 2.43. The van der Waals surface area contributed by atoms with Crippen LogP contribution in [0.25, 0.3) is 0 Å². The molecule has 3 rings (SSSR count). The summed E-state index contributed by atoms with van der Waals surface area (Å²) in [5.41, 5.74) is 1.15. The Morgan fingerprint density at radius 1 is 1.03 bits per heavy atom. The van der Waals surface area contributed by atoms with Gasteiger partial charge in [0.25, 0.3) is 0 Å². The molecule has 2 N–H and O–H groups in total. The third-order valence-corrected chi connectivity index (χ3v) is 6.68. The Morgan fingerprint density at radius 2 is 1.73 bits per heavy atom. The first kappa shape index (κ1) is 22.4. The topological polar surface area (TPSA) is 66.8 Å². The van der Waals surface area contributed by atoms with Crippen molar-refractivity contribution in [1.82, 2.24) is 0 Å². The second kappa shape index (κ2) is 10.2. The first-order valence-corrected chi connectivity index (χ1v) is 11.4. The van der Waals surface area contributed by atoms with Crippen LogP contribution >= 0.6 is 11.8 Å². The van der Waals surface area contributed by atoms with E-state index >= 15 is 0 Å². The van der Waals surface area contributed by atoms with Crippen LogP contribution in [0.3, 0.4) is 0 Å². The van der Waals surface area contributed by atoms with Crippen LogP contribution in [0.15, 0.2) is 70.2 Å². The number of carbonyl (C=O) groups is 1. The van der Waals surface area contributed by atoms with Crippen molar-refractivity contribution in [1.29, 1.82) is 0 Å². The van der Waals surface area contributed by atoms with E-state index in [0.717, 1.165) is 28.9 Å². The van der Waals surface area contributed by atoms with Crippen molar-refractivity contribution >= 4 is 17.7 Å². The molecule has 1 atom stereocenters. The van der Waals surface area contributed by atoms with Gasteiger partial charge in [0.1, 0.15) is 16.3 Å². The van der Waals surface area contributed by atoms with Gasteiger partial charge in [0.15, 0.2) is 0 Å². The first-order chi connectivity index (χ1) is 14.5. The number of benzene rings is 2. The lowest BCUT2D eigenvalue weighted by atomic mass is 9.83. The lowest BCUT2D eigenvalue weighted by Gasteiger charge is -2.37. The number of rotatable bonds is 9. The molecule has 0 bridgehead atoms. The number of ether oxygens (including phenoxy) is 1. The monoisotopic (exact) mass is 426 g/mol. The van der Waals surface area contributed by atoms with Gasteiger partial charge in [-0.05, 0) is 42.4 Å². The largest absolute Gasteiger partial charge is 0.511 e. The Balaban J connectivity index is 1.90. The predicted molar refractivity (Wildman–Crippen MR) is 120 cm³/mol.